The predicted octanol–water partition coefficient (Wildman–Crippen LogP) is 3.45. The number of nitrogens with zero attached hydrogens (tertiary/aromatic N) is 1. The van der Waals surface area contributed by atoms with E-state index < -0.39 is 0 Å². The number of hydrogen-bond acceptors (Lipinski definition) is 2. The van der Waals surface area contributed by atoms with Crippen LogP contribution in [-0.4, -0.2) is 10.9 Å². The molecule has 1 aliphatic rings. The van der Waals surface area contributed by atoms with Crippen molar-refractivity contribution >= 4 is 5.91 Å². The van der Waals surface area contributed by atoms with Gasteiger partial charge in [-0.3, -0.25) is 9.78 Å². The first kappa shape index (κ1) is 13.8. The number of pyridine rings is 1. The smallest absolute Gasteiger partial charge is 0.251 e. The van der Waals surface area contributed by atoms with Gasteiger partial charge in [0, 0.05) is 18.0 Å². The Morgan fingerprint density at radius 2 is 1.81 bits per heavy atom. The summed E-state index contributed by atoms with van der Waals surface area (Å²) < 4.78 is 0. The lowest BCUT2D eigenvalue weighted by Crippen LogP contribution is -2.26. The molecule has 0 spiro atoms. The van der Waals surface area contributed by atoms with Gasteiger partial charge in [0.2, 0.25) is 0 Å². The zero-order valence-corrected chi connectivity index (χ0v) is 12.3. The molecule has 21 heavy (non-hydrogen) atoms. The van der Waals surface area contributed by atoms with Crippen molar-refractivity contribution in [2.75, 3.05) is 0 Å². The average Bonchev–Trinajstić information content (AvgIpc) is 2.55. The third-order valence-electron chi connectivity index (χ3n) is 4.16. The van der Waals surface area contributed by atoms with Gasteiger partial charge in [0.1, 0.15) is 0 Å². The van der Waals surface area contributed by atoms with Crippen LogP contribution in [0.4, 0.5) is 0 Å². The topological polar surface area (TPSA) is 42.0 Å². The third kappa shape index (κ3) is 3.13. The molecule has 3 rings (SSSR count). The van der Waals surface area contributed by atoms with Gasteiger partial charge in [-0.05, 0) is 61.4 Å². The number of hydrogen-bond donors (Lipinski definition) is 1. The van der Waals surface area contributed by atoms with E-state index in [2.05, 4.69) is 28.5 Å². The summed E-state index contributed by atoms with van der Waals surface area (Å²) in [5.41, 5.74) is 4.74. The van der Waals surface area contributed by atoms with E-state index in [4.69, 9.17) is 0 Å². The van der Waals surface area contributed by atoms with Crippen molar-refractivity contribution < 1.29 is 4.79 Å². The van der Waals surface area contributed by atoms with Gasteiger partial charge in [-0.1, -0.05) is 18.2 Å². The van der Waals surface area contributed by atoms with Crippen LogP contribution in [0.5, 0.6) is 0 Å². The van der Waals surface area contributed by atoms with E-state index in [-0.39, 0.29) is 11.9 Å². The number of nitrogens with one attached hydrogen (secondary N) is 1. The number of benzene rings is 1. The van der Waals surface area contributed by atoms with Crippen molar-refractivity contribution in [1.82, 2.24) is 10.3 Å². The molecule has 1 aromatic heterocycles. The molecular weight excluding hydrogens is 260 g/mol. The Bertz CT molecular complexity index is 637. The Kier molecular flexibility index (Phi) is 4.00. The van der Waals surface area contributed by atoms with Crippen LogP contribution >= 0.6 is 0 Å². The van der Waals surface area contributed by atoms with Crippen LogP contribution in [0, 0.1) is 0 Å². The van der Waals surface area contributed by atoms with Crippen LogP contribution in [-0.2, 0) is 12.8 Å². The highest BCUT2D eigenvalue weighted by atomic mass is 16.1. The maximum absolute atomic E-state index is 12.2. The summed E-state index contributed by atoms with van der Waals surface area (Å²) >= 11 is 0. The van der Waals surface area contributed by atoms with Gasteiger partial charge in [0.25, 0.3) is 5.91 Å². The number of carbonyl (C=O) groups is 1. The number of aromatic nitrogens is 1. The normalized spacial score (nSPS) is 15.1. The van der Waals surface area contributed by atoms with E-state index >= 15 is 0 Å². The Balaban J connectivity index is 1.73. The van der Waals surface area contributed by atoms with Crippen molar-refractivity contribution in [3.8, 4) is 0 Å². The fourth-order valence-electron chi connectivity index (χ4n) is 2.89. The van der Waals surface area contributed by atoms with Crippen LogP contribution in [0.3, 0.4) is 0 Å². The maximum Gasteiger partial charge on any atom is 0.251 e. The second kappa shape index (κ2) is 6.08. The summed E-state index contributed by atoms with van der Waals surface area (Å²) in [5, 5.41) is 3.05. The highest BCUT2D eigenvalue weighted by Crippen LogP contribution is 2.24. The molecule has 1 amide bonds. The van der Waals surface area contributed by atoms with Gasteiger partial charge in [0.05, 0.1) is 6.04 Å². The lowest BCUT2D eigenvalue weighted by atomic mass is 9.89. The van der Waals surface area contributed by atoms with Crippen molar-refractivity contribution in [3.05, 3.63) is 65.0 Å². The molecule has 0 saturated heterocycles. The summed E-state index contributed by atoms with van der Waals surface area (Å²) in [6, 6.07) is 10.1. The fraction of sp³-hybridized carbons (Fsp3) is 0.333. The SMILES string of the molecule is C[C@H](NC(=O)c1ccncc1)c1ccc2c(c1)CCCC2. The monoisotopic (exact) mass is 280 g/mol. The number of carbonyl (C=O) groups excluding carboxylic acids is 1. The molecule has 3 nitrogen and oxygen atoms in total. The molecule has 0 aliphatic heterocycles. The zero-order chi connectivity index (χ0) is 14.7. The first-order chi connectivity index (χ1) is 10.2. The highest BCUT2D eigenvalue weighted by Gasteiger charge is 2.14. The van der Waals surface area contributed by atoms with E-state index in [0.29, 0.717) is 5.56 Å². The van der Waals surface area contributed by atoms with Crippen LogP contribution in [0.2, 0.25) is 0 Å². The molecule has 1 heterocycles. The van der Waals surface area contributed by atoms with Crippen molar-refractivity contribution in [2.24, 2.45) is 0 Å². The van der Waals surface area contributed by atoms with Crippen molar-refractivity contribution in [2.45, 2.75) is 38.6 Å². The fourth-order valence-corrected chi connectivity index (χ4v) is 2.89. The number of aryl methyl sites for hydroxylation is 2. The molecule has 1 atom stereocenters. The minimum Gasteiger partial charge on any atom is -0.346 e. The van der Waals surface area contributed by atoms with Crippen LogP contribution < -0.4 is 5.32 Å². The standard InChI is InChI=1S/C18H20N2O/c1-13(20-18(21)15-8-10-19-11-9-15)16-7-6-14-4-2-3-5-17(14)12-16/h6-13H,2-5H2,1H3,(H,20,21)/t13-/m0/s1. The van der Waals surface area contributed by atoms with E-state index in [0.717, 1.165) is 6.42 Å². The molecule has 0 bridgehead atoms. The summed E-state index contributed by atoms with van der Waals surface area (Å²) in [5.74, 6) is -0.0531. The Hall–Kier alpha value is -2.16. The molecule has 0 unspecified atom stereocenters. The van der Waals surface area contributed by atoms with Gasteiger partial charge in [-0.15, -0.1) is 0 Å². The Labute approximate surface area is 125 Å². The molecule has 1 aromatic carbocycles. The average molecular weight is 280 g/mol. The minimum absolute atomic E-state index is 0.0119. The quantitative estimate of drug-likeness (QED) is 0.935. The van der Waals surface area contributed by atoms with Crippen molar-refractivity contribution in [1.29, 1.82) is 0 Å². The molecule has 2 aromatic rings. The zero-order valence-electron chi connectivity index (χ0n) is 12.3. The second-order valence-electron chi connectivity index (χ2n) is 5.67. The van der Waals surface area contributed by atoms with Gasteiger partial charge >= 0.3 is 0 Å². The summed E-state index contributed by atoms with van der Waals surface area (Å²) in [4.78, 5) is 16.1. The first-order valence-corrected chi connectivity index (χ1v) is 7.56. The van der Waals surface area contributed by atoms with Crippen LogP contribution in [0.25, 0.3) is 0 Å². The van der Waals surface area contributed by atoms with E-state index in [1.54, 1.807) is 24.5 Å². The van der Waals surface area contributed by atoms with Crippen LogP contribution in [0.15, 0.2) is 42.7 Å². The predicted molar refractivity (Wildman–Crippen MR) is 83.2 cm³/mol. The van der Waals surface area contributed by atoms with E-state index in [1.807, 2.05) is 6.92 Å². The Morgan fingerprint density at radius 3 is 2.57 bits per heavy atom. The van der Waals surface area contributed by atoms with Crippen molar-refractivity contribution in [3.63, 3.8) is 0 Å². The van der Waals surface area contributed by atoms with Gasteiger partial charge in [0.15, 0.2) is 0 Å². The van der Waals surface area contributed by atoms with Gasteiger partial charge in [-0.2, -0.15) is 0 Å². The molecular formula is C18H20N2O. The summed E-state index contributed by atoms with van der Waals surface area (Å²) in [7, 11) is 0. The van der Waals surface area contributed by atoms with E-state index in [1.165, 1.54) is 36.0 Å². The molecule has 0 radical (unpaired) electrons. The molecule has 3 heteroatoms. The lowest BCUT2D eigenvalue weighted by molar-refractivity contribution is 0.0939. The van der Waals surface area contributed by atoms with E-state index in [9.17, 15) is 4.79 Å². The van der Waals surface area contributed by atoms with Crippen LogP contribution in [0.1, 0.15) is 52.9 Å². The number of rotatable bonds is 3. The second-order valence-corrected chi connectivity index (χ2v) is 5.67. The Morgan fingerprint density at radius 1 is 1.10 bits per heavy atom. The lowest BCUT2D eigenvalue weighted by Gasteiger charge is -2.20. The highest BCUT2D eigenvalue weighted by molar-refractivity contribution is 5.94. The molecule has 1 aliphatic carbocycles. The number of amides is 1. The maximum atomic E-state index is 12.2. The number of fused-ring (bicyclic) bond motifs is 1. The summed E-state index contributed by atoms with van der Waals surface area (Å²) in [6.07, 6.45) is 8.19. The molecule has 0 fully saturated rings. The molecule has 1 N–H and O–H groups in total. The first-order valence-electron chi connectivity index (χ1n) is 7.56. The minimum atomic E-state index is -0.0531. The van der Waals surface area contributed by atoms with Gasteiger partial charge in [-0.25, -0.2) is 0 Å². The summed E-state index contributed by atoms with van der Waals surface area (Å²) in [6.45, 7) is 2.03. The molecule has 108 valence electrons. The third-order valence-corrected chi connectivity index (χ3v) is 4.16. The van der Waals surface area contributed by atoms with Gasteiger partial charge < -0.3 is 5.32 Å². The largest absolute Gasteiger partial charge is 0.346 e. The molecule has 0 saturated carbocycles.